The number of carbonyl (C=O) groups is 1. The summed E-state index contributed by atoms with van der Waals surface area (Å²) in [5.74, 6) is 1.01. The van der Waals surface area contributed by atoms with Gasteiger partial charge < -0.3 is 19.9 Å². The van der Waals surface area contributed by atoms with Crippen LogP contribution in [0.5, 0.6) is 17.2 Å². The number of ketones is 1. The largest absolute Gasteiger partial charge is 0.493 e. The van der Waals surface area contributed by atoms with Gasteiger partial charge in [-0.3, -0.25) is 4.79 Å². The number of methoxy groups -OCH3 is 2. The Morgan fingerprint density at radius 1 is 0.960 bits per heavy atom. The highest BCUT2D eigenvalue weighted by atomic mass is 16.5. The summed E-state index contributed by atoms with van der Waals surface area (Å²) >= 11 is 0. The molecule has 0 heterocycles. The number of rotatable bonds is 7. The van der Waals surface area contributed by atoms with Crippen LogP contribution in [0.4, 0.5) is 0 Å². The quantitative estimate of drug-likeness (QED) is 0.614. The Morgan fingerprint density at radius 3 is 2.20 bits per heavy atom. The van der Waals surface area contributed by atoms with Crippen LogP contribution in [0.1, 0.15) is 29.8 Å². The molecule has 0 aliphatic heterocycles. The van der Waals surface area contributed by atoms with Crippen molar-refractivity contribution >= 4 is 5.78 Å². The molecule has 0 amide bonds. The maximum absolute atomic E-state index is 12.8. The van der Waals surface area contributed by atoms with Crippen molar-refractivity contribution in [2.45, 2.75) is 20.5 Å². The van der Waals surface area contributed by atoms with Crippen molar-refractivity contribution in [2.24, 2.45) is 5.73 Å². The molecule has 0 aliphatic rings. The van der Waals surface area contributed by atoms with Crippen LogP contribution >= 0.6 is 0 Å². The second-order valence-corrected chi connectivity index (χ2v) is 5.59. The van der Waals surface area contributed by atoms with E-state index in [1.165, 1.54) is 14.2 Å². The molecule has 0 unspecified atom stereocenters. The zero-order valence-corrected chi connectivity index (χ0v) is 15.0. The van der Waals surface area contributed by atoms with Gasteiger partial charge in [-0.25, -0.2) is 0 Å². The first-order valence-electron chi connectivity index (χ1n) is 7.89. The van der Waals surface area contributed by atoms with Crippen molar-refractivity contribution in [1.29, 1.82) is 0 Å². The minimum absolute atomic E-state index is 0.205. The number of benzene rings is 2. The van der Waals surface area contributed by atoms with Crippen LogP contribution in [0, 0.1) is 0 Å². The highest BCUT2D eigenvalue weighted by Crippen LogP contribution is 2.41. The summed E-state index contributed by atoms with van der Waals surface area (Å²) in [5, 5.41) is 0. The third-order valence-electron chi connectivity index (χ3n) is 3.90. The first-order chi connectivity index (χ1) is 12.0. The zero-order chi connectivity index (χ0) is 18.4. The van der Waals surface area contributed by atoms with Gasteiger partial charge in [-0.15, -0.1) is 0 Å². The molecule has 0 saturated heterocycles. The van der Waals surface area contributed by atoms with Crippen molar-refractivity contribution in [3.8, 4) is 17.2 Å². The first-order valence-corrected chi connectivity index (χ1v) is 7.89. The summed E-state index contributed by atoms with van der Waals surface area (Å²) in [4.78, 5) is 12.8. The Hall–Kier alpha value is -2.95. The van der Waals surface area contributed by atoms with Crippen LogP contribution < -0.4 is 19.9 Å². The zero-order valence-electron chi connectivity index (χ0n) is 15.0. The SMILES string of the molecule is COc1ccc(C(=O)C(C)=C(C)N)c(OCc2ccccc2)c1OC. The molecule has 132 valence electrons. The number of nitrogens with two attached hydrogens (primary N) is 1. The predicted molar refractivity (Wildman–Crippen MR) is 97.2 cm³/mol. The molecule has 25 heavy (non-hydrogen) atoms. The van der Waals surface area contributed by atoms with Gasteiger partial charge >= 0.3 is 0 Å². The average molecular weight is 341 g/mol. The molecule has 0 aromatic heterocycles. The highest BCUT2D eigenvalue weighted by molar-refractivity contribution is 6.11. The molecule has 2 aromatic carbocycles. The van der Waals surface area contributed by atoms with Crippen LogP contribution in [-0.4, -0.2) is 20.0 Å². The van der Waals surface area contributed by atoms with Gasteiger partial charge in [-0.2, -0.15) is 0 Å². The summed E-state index contributed by atoms with van der Waals surface area (Å²) in [6.45, 7) is 3.68. The second-order valence-electron chi connectivity index (χ2n) is 5.59. The van der Waals surface area contributed by atoms with E-state index in [-0.39, 0.29) is 5.78 Å². The smallest absolute Gasteiger partial charge is 0.204 e. The third-order valence-corrected chi connectivity index (χ3v) is 3.90. The van der Waals surface area contributed by atoms with Crippen LogP contribution in [0.15, 0.2) is 53.7 Å². The van der Waals surface area contributed by atoms with Gasteiger partial charge in [0.1, 0.15) is 6.61 Å². The Bertz CT molecular complexity index is 778. The van der Waals surface area contributed by atoms with Gasteiger partial charge in [0.05, 0.1) is 19.8 Å². The maximum Gasteiger partial charge on any atom is 0.204 e. The summed E-state index contributed by atoms with van der Waals surface area (Å²) in [7, 11) is 3.05. The Kier molecular flexibility index (Phi) is 6.06. The van der Waals surface area contributed by atoms with Crippen molar-refractivity contribution in [3.05, 3.63) is 64.9 Å². The molecule has 2 rings (SSSR count). The van der Waals surface area contributed by atoms with Gasteiger partial charge in [-0.1, -0.05) is 30.3 Å². The molecule has 0 spiro atoms. The second kappa shape index (κ2) is 8.24. The van der Waals surface area contributed by atoms with Gasteiger partial charge in [0.2, 0.25) is 5.75 Å². The van der Waals surface area contributed by atoms with E-state index in [0.717, 1.165) is 5.56 Å². The lowest BCUT2D eigenvalue weighted by atomic mass is 10.0. The maximum atomic E-state index is 12.8. The molecule has 2 aromatic rings. The molecule has 0 aliphatic carbocycles. The van der Waals surface area contributed by atoms with Gasteiger partial charge in [0, 0.05) is 11.3 Å². The molecule has 0 saturated carbocycles. The Balaban J connectivity index is 2.48. The van der Waals surface area contributed by atoms with Gasteiger partial charge in [0.25, 0.3) is 0 Å². The molecular weight excluding hydrogens is 318 g/mol. The highest BCUT2D eigenvalue weighted by Gasteiger charge is 2.22. The number of Topliss-reactive ketones (excluding diaryl/α,β-unsaturated/α-hetero) is 1. The Morgan fingerprint density at radius 2 is 1.64 bits per heavy atom. The topological polar surface area (TPSA) is 70.8 Å². The average Bonchev–Trinajstić information content (AvgIpc) is 2.64. The standard InChI is InChI=1S/C20H23NO4/c1-13(14(2)21)18(22)16-10-11-17(23-3)20(24-4)19(16)25-12-15-8-6-5-7-9-15/h5-11H,12,21H2,1-4H3. The third kappa shape index (κ3) is 4.12. The monoisotopic (exact) mass is 341 g/mol. The lowest BCUT2D eigenvalue weighted by Crippen LogP contribution is -2.11. The summed E-state index contributed by atoms with van der Waals surface area (Å²) in [6.07, 6.45) is 0. The molecule has 2 N–H and O–H groups in total. The van der Waals surface area contributed by atoms with E-state index in [1.54, 1.807) is 26.0 Å². The number of carbonyl (C=O) groups excluding carboxylic acids is 1. The predicted octanol–water partition coefficient (Wildman–Crippen LogP) is 3.72. The normalized spacial score (nSPS) is 11.5. The molecular formula is C20H23NO4. The van der Waals surface area contributed by atoms with Crippen LogP contribution in [-0.2, 0) is 6.61 Å². The summed E-state index contributed by atoms with van der Waals surface area (Å²) < 4.78 is 16.7. The summed E-state index contributed by atoms with van der Waals surface area (Å²) in [6, 6.07) is 13.0. The van der Waals surface area contributed by atoms with E-state index in [9.17, 15) is 4.79 Å². The van der Waals surface area contributed by atoms with E-state index in [1.807, 2.05) is 30.3 Å². The van der Waals surface area contributed by atoms with Crippen molar-refractivity contribution < 1.29 is 19.0 Å². The lowest BCUT2D eigenvalue weighted by molar-refractivity contribution is 0.102. The summed E-state index contributed by atoms with van der Waals surface area (Å²) in [5.41, 5.74) is 8.08. The van der Waals surface area contributed by atoms with E-state index in [2.05, 4.69) is 0 Å². The van der Waals surface area contributed by atoms with E-state index >= 15 is 0 Å². The minimum Gasteiger partial charge on any atom is -0.493 e. The van der Waals surface area contributed by atoms with Crippen LogP contribution in [0.25, 0.3) is 0 Å². The Labute approximate surface area is 148 Å². The first kappa shape index (κ1) is 18.4. The molecule has 0 bridgehead atoms. The van der Waals surface area contributed by atoms with E-state index in [4.69, 9.17) is 19.9 Å². The van der Waals surface area contributed by atoms with Crippen molar-refractivity contribution in [1.82, 2.24) is 0 Å². The van der Waals surface area contributed by atoms with E-state index in [0.29, 0.717) is 40.7 Å². The molecule has 0 atom stereocenters. The van der Waals surface area contributed by atoms with E-state index < -0.39 is 0 Å². The minimum atomic E-state index is -0.205. The number of ether oxygens (including phenoxy) is 3. The number of allylic oxidation sites excluding steroid dienone is 2. The van der Waals surface area contributed by atoms with Crippen molar-refractivity contribution in [3.63, 3.8) is 0 Å². The number of hydrogen-bond donors (Lipinski definition) is 1. The van der Waals surface area contributed by atoms with Crippen LogP contribution in [0.2, 0.25) is 0 Å². The molecule has 0 radical (unpaired) electrons. The fraction of sp³-hybridized carbons (Fsp3) is 0.250. The van der Waals surface area contributed by atoms with Gasteiger partial charge in [-0.05, 0) is 31.5 Å². The molecule has 5 heteroatoms. The fourth-order valence-corrected chi connectivity index (χ4v) is 2.33. The lowest BCUT2D eigenvalue weighted by Gasteiger charge is -2.17. The molecule has 0 fully saturated rings. The molecule has 5 nitrogen and oxygen atoms in total. The van der Waals surface area contributed by atoms with Crippen molar-refractivity contribution in [2.75, 3.05) is 14.2 Å². The number of hydrogen-bond acceptors (Lipinski definition) is 5. The van der Waals surface area contributed by atoms with Crippen LogP contribution in [0.3, 0.4) is 0 Å². The van der Waals surface area contributed by atoms with Gasteiger partial charge in [0.15, 0.2) is 17.3 Å². The fourth-order valence-electron chi connectivity index (χ4n) is 2.33.